The number of fused-ring (bicyclic) bond motifs is 4. The third-order valence-electron chi connectivity index (χ3n) is 5.90. The number of nitrogens with zero attached hydrogens (tertiary/aromatic N) is 1. The molecule has 2 aromatic heterocycles. The van der Waals surface area contributed by atoms with Crippen molar-refractivity contribution in [3.63, 3.8) is 0 Å². The van der Waals surface area contributed by atoms with Crippen LogP contribution in [0.3, 0.4) is 0 Å². The molecule has 0 radical (unpaired) electrons. The fourth-order valence-electron chi connectivity index (χ4n) is 4.49. The fourth-order valence-corrected chi connectivity index (χ4v) is 5.78. The fraction of sp³-hybridized carbons (Fsp3) is 0.240. The Kier molecular flexibility index (Phi) is 4.23. The molecule has 3 nitrogen and oxygen atoms in total. The maximum absolute atomic E-state index is 14.1. The molecule has 3 heterocycles. The Morgan fingerprint density at radius 1 is 0.867 bits per heavy atom. The van der Waals surface area contributed by atoms with E-state index in [9.17, 15) is 4.39 Å². The lowest BCUT2D eigenvalue weighted by Gasteiger charge is -2.19. The van der Waals surface area contributed by atoms with Crippen molar-refractivity contribution >= 4 is 21.6 Å². The summed E-state index contributed by atoms with van der Waals surface area (Å²) in [6, 6.07) is 14.9. The third-order valence-corrected chi connectivity index (χ3v) is 7.08. The second-order valence-corrected chi connectivity index (χ2v) is 8.90. The van der Waals surface area contributed by atoms with Crippen molar-refractivity contribution < 1.29 is 13.9 Å². The van der Waals surface area contributed by atoms with Crippen LogP contribution in [0.15, 0.2) is 48.5 Å². The first-order valence-electron chi connectivity index (χ1n) is 10.4. The molecule has 0 saturated heterocycles. The number of rotatable bonds is 2. The van der Waals surface area contributed by atoms with Gasteiger partial charge in [0.15, 0.2) is 11.5 Å². The Balaban J connectivity index is 1.59. The van der Waals surface area contributed by atoms with Gasteiger partial charge in [0.25, 0.3) is 0 Å². The van der Waals surface area contributed by atoms with Gasteiger partial charge in [-0.15, -0.1) is 11.3 Å². The van der Waals surface area contributed by atoms with Crippen LogP contribution in [0.2, 0.25) is 0 Å². The van der Waals surface area contributed by atoms with E-state index in [0.29, 0.717) is 13.2 Å². The largest absolute Gasteiger partial charge is 0.486 e. The molecule has 1 aliphatic heterocycles. The third kappa shape index (κ3) is 2.96. The number of aryl methyl sites for hydroxylation is 2. The molecule has 0 N–H and O–H groups in total. The van der Waals surface area contributed by atoms with E-state index in [1.54, 1.807) is 23.5 Å². The van der Waals surface area contributed by atoms with Gasteiger partial charge in [-0.1, -0.05) is 12.1 Å². The van der Waals surface area contributed by atoms with Crippen molar-refractivity contribution in [2.75, 3.05) is 13.2 Å². The highest BCUT2D eigenvalue weighted by Gasteiger charge is 2.22. The molecule has 2 aromatic carbocycles. The molecule has 0 amide bonds. The summed E-state index contributed by atoms with van der Waals surface area (Å²) in [4.78, 5) is 7.50. The summed E-state index contributed by atoms with van der Waals surface area (Å²) in [5, 5.41) is 1.20. The molecule has 0 bridgehead atoms. The molecule has 30 heavy (non-hydrogen) atoms. The standard InChI is InChI=1S/C25H20FNO2S/c26-17-5-3-4-15(12-17)19-14-20(16-8-9-21-22(13-16)29-11-10-28-21)27-25-24(19)18-6-1-2-7-23(18)30-25/h3-5,8-9,12-14H,1-2,6-7,10-11H2. The molecule has 2 aliphatic rings. The van der Waals surface area contributed by atoms with Gasteiger partial charge in [0, 0.05) is 15.8 Å². The van der Waals surface area contributed by atoms with Crippen LogP contribution < -0.4 is 9.47 Å². The van der Waals surface area contributed by atoms with Crippen molar-refractivity contribution in [1.29, 1.82) is 0 Å². The quantitative estimate of drug-likeness (QED) is 0.377. The first kappa shape index (κ1) is 17.9. The molecule has 0 spiro atoms. The minimum atomic E-state index is -0.220. The predicted molar refractivity (Wildman–Crippen MR) is 118 cm³/mol. The van der Waals surface area contributed by atoms with Crippen LogP contribution >= 0.6 is 11.3 Å². The summed E-state index contributed by atoms with van der Waals surface area (Å²) in [6.45, 7) is 1.12. The predicted octanol–water partition coefficient (Wildman–Crippen LogP) is 6.42. The molecular weight excluding hydrogens is 397 g/mol. The number of pyridine rings is 1. The van der Waals surface area contributed by atoms with Gasteiger partial charge in [-0.05, 0) is 78.8 Å². The van der Waals surface area contributed by atoms with Crippen molar-refractivity contribution in [1.82, 2.24) is 4.98 Å². The Bertz CT molecular complexity index is 1280. The van der Waals surface area contributed by atoms with Gasteiger partial charge in [-0.2, -0.15) is 0 Å². The maximum atomic E-state index is 14.1. The molecular formula is C25H20FNO2S. The molecule has 0 atom stereocenters. The zero-order chi connectivity index (χ0) is 20.1. The summed E-state index contributed by atoms with van der Waals surface area (Å²) in [6.07, 6.45) is 4.61. The van der Waals surface area contributed by atoms with Gasteiger partial charge in [0.2, 0.25) is 0 Å². The van der Waals surface area contributed by atoms with E-state index < -0.39 is 0 Å². The molecule has 0 fully saturated rings. The van der Waals surface area contributed by atoms with E-state index in [1.807, 2.05) is 24.3 Å². The Hall–Kier alpha value is -2.92. The number of halogens is 1. The number of benzene rings is 2. The van der Waals surface area contributed by atoms with E-state index in [1.165, 1.54) is 34.7 Å². The van der Waals surface area contributed by atoms with Gasteiger partial charge in [-0.25, -0.2) is 9.37 Å². The molecule has 5 heteroatoms. The molecule has 150 valence electrons. The highest BCUT2D eigenvalue weighted by Crippen LogP contribution is 2.43. The Labute approximate surface area is 178 Å². The van der Waals surface area contributed by atoms with E-state index in [0.717, 1.165) is 51.6 Å². The monoisotopic (exact) mass is 417 g/mol. The molecule has 1 aliphatic carbocycles. The zero-order valence-corrected chi connectivity index (χ0v) is 17.2. The summed E-state index contributed by atoms with van der Waals surface area (Å²) < 4.78 is 25.5. The highest BCUT2D eigenvalue weighted by molar-refractivity contribution is 7.19. The van der Waals surface area contributed by atoms with Crippen molar-refractivity contribution in [2.24, 2.45) is 0 Å². The normalized spacial score (nSPS) is 15.2. The lowest BCUT2D eigenvalue weighted by Crippen LogP contribution is -2.15. The van der Waals surface area contributed by atoms with Gasteiger partial charge in [0.1, 0.15) is 23.9 Å². The van der Waals surface area contributed by atoms with E-state index in [4.69, 9.17) is 14.5 Å². The van der Waals surface area contributed by atoms with Gasteiger partial charge < -0.3 is 9.47 Å². The van der Waals surface area contributed by atoms with E-state index in [2.05, 4.69) is 6.07 Å². The number of hydrogen-bond acceptors (Lipinski definition) is 4. The minimum Gasteiger partial charge on any atom is -0.486 e. The molecule has 0 unspecified atom stereocenters. The number of aromatic nitrogens is 1. The average Bonchev–Trinajstić information content (AvgIpc) is 3.16. The van der Waals surface area contributed by atoms with Gasteiger partial charge in [0.05, 0.1) is 5.69 Å². The highest BCUT2D eigenvalue weighted by atomic mass is 32.1. The first-order valence-corrected chi connectivity index (χ1v) is 11.2. The first-order chi connectivity index (χ1) is 14.8. The van der Waals surface area contributed by atoms with Crippen molar-refractivity contribution in [3.8, 4) is 33.9 Å². The molecule has 4 aromatic rings. The van der Waals surface area contributed by atoms with Crippen LogP contribution in [-0.4, -0.2) is 18.2 Å². The van der Waals surface area contributed by atoms with E-state index in [-0.39, 0.29) is 5.82 Å². The van der Waals surface area contributed by atoms with Crippen LogP contribution in [0.4, 0.5) is 4.39 Å². The van der Waals surface area contributed by atoms with Gasteiger partial charge >= 0.3 is 0 Å². The van der Waals surface area contributed by atoms with Crippen LogP contribution in [0.1, 0.15) is 23.3 Å². The van der Waals surface area contributed by atoms with Crippen molar-refractivity contribution in [3.05, 3.63) is 64.8 Å². The smallest absolute Gasteiger partial charge is 0.162 e. The zero-order valence-electron chi connectivity index (χ0n) is 16.4. The second kappa shape index (κ2) is 7.10. The second-order valence-electron chi connectivity index (χ2n) is 7.81. The SMILES string of the molecule is Fc1cccc(-c2cc(-c3ccc4c(c3)OCCO4)nc3sc4c(c23)CCCC4)c1. The Morgan fingerprint density at radius 3 is 2.63 bits per heavy atom. The summed E-state index contributed by atoms with van der Waals surface area (Å²) >= 11 is 1.79. The van der Waals surface area contributed by atoms with Crippen LogP contribution in [0.25, 0.3) is 32.6 Å². The topological polar surface area (TPSA) is 31.4 Å². The lowest BCUT2D eigenvalue weighted by atomic mass is 9.92. The number of ether oxygens (including phenoxy) is 2. The average molecular weight is 418 g/mol. The van der Waals surface area contributed by atoms with Crippen molar-refractivity contribution in [2.45, 2.75) is 25.7 Å². The lowest BCUT2D eigenvalue weighted by molar-refractivity contribution is 0.171. The maximum Gasteiger partial charge on any atom is 0.162 e. The minimum absolute atomic E-state index is 0.220. The summed E-state index contributed by atoms with van der Waals surface area (Å²) in [7, 11) is 0. The number of thiophene rings is 1. The van der Waals surface area contributed by atoms with Crippen LogP contribution in [0, 0.1) is 5.82 Å². The summed E-state index contributed by atoms with van der Waals surface area (Å²) in [5.74, 6) is 1.30. The molecule has 0 saturated carbocycles. The van der Waals surface area contributed by atoms with Gasteiger partial charge in [-0.3, -0.25) is 0 Å². The van der Waals surface area contributed by atoms with E-state index >= 15 is 0 Å². The van der Waals surface area contributed by atoms with Crippen LogP contribution in [0.5, 0.6) is 11.5 Å². The summed E-state index contributed by atoms with van der Waals surface area (Å²) in [5.41, 5.74) is 5.21. The number of hydrogen-bond donors (Lipinski definition) is 0. The molecule has 6 rings (SSSR count). The Morgan fingerprint density at radius 2 is 1.73 bits per heavy atom. The van der Waals surface area contributed by atoms with Crippen LogP contribution in [-0.2, 0) is 12.8 Å².